The lowest BCUT2D eigenvalue weighted by atomic mass is 10.1. The standard InChI is InChI=1S/C15H24N2O3S/c1-20-9-3-8-17-21(18,19)12-14-5-2-4-13(10-14)11-16-15-6-7-15/h2,4-5,10,15-17H,3,6-9,11-12H2,1H3. The van der Waals surface area contributed by atoms with Crippen molar-refractivity contribution in [3.63, 3.8) is 0 Å². The van der Waals surface area contributed by atoms with Crippen LogP contribution in [0.25, 0.3) is 0 Å². The van der Waals surface area contributed by atoms with Crippen molar-refractivity contribution in [1.29, 1.82) is 0 Å². The number of sulfonamides is 1. The summed E-state index contributed by atoms with van der Waals surface area (Å²) in [5.74, 6) is 0.0251. The number of rotatable bonds is 10. The third kappa shape index (κ3) is 6.56. The molecule has 0 radical (unpaired) electrons. The van der Waals surface area contributed by atoms with E-state index in [1.54, 1.807) is 7.11 Å². The molecule has 0 saturated heterocycles. The minimum atomic E-state index is -3.28. The summed E-state index contributed by atoms with van der Waals surface area (Å²) in [7, 11) is -1.67. The first-order valence-electron chi connectivity index (χ1n) is 7.36. The lowest BCUT2D eigenvalue weighted by Crippen LogP contribution is -2.27. The summed E-state index contributed by atoms with van der Waals surface area (Å²) in [4.78, 5) is 0. The average molecular weight is 312 g/mol. The Kier molecular flexibility index (Phi) is 6.17. The van der Waals surface area contributed by atoms with E-state index in [1.165, 1.54) is 12.8 Å². The number of ether oxygens (including phenoxy) is 1. The predicted octanol–water partition coefficient (Wildman–Crippen LogP) is 1.39. The molecule has 0 unspecified atom stereocenters. The third-order valence-corrected chi connectivity index (χ3v) is 4.72. The van der Waals surface area contributed by atoms with Crippen LogP contribution in [0.2, 0.25) is 0 Å². The van der Waals surface area contributed by atoms with Gasteiger partial charge >= 0.3 is 0 Å². The van der Waals surface area contributed by atoms with E-state index in [2.05, 4.69) is 10.0 Å². The summed E-state index contributed by atoms with van der Waals surface area (Å²) in [5.41, 5.74) is 1.96. The van der Waals surface area contributed by atoms with Crippen molar-refractivity contribution in [3.05, 3.63) is 35.4 Å². The molecule has 0 bridgehead atoms. The Morgan fingerprint density at radius 2 is 2.05 bits per heavy atom. The normalized spacial score (nSPS) is 15.3. The van der Waals surface area contributed by atoms with Gasteiger partial charge in [0.25, 0.3) is 0 Å². The number of benzene rings is 1. The van der Waals surface area contributed by atoms with Gasteiger partial charge in [-0.1, -0.05) is 24.3 Å². The molecule has 6 heteroatoms. The number of nitrogens with one attached hydrogen (secondary N) is 2. The van der Waals surface area contributed by atoms with Crippen molar-refractivity contribution in [2.75, 3.05) is 20.3 Å². The molecule has 0 aromatic heterocycles. The van der Waals surface area contributed by atoms with Gasteiger partial charge in [-0.2, -0.15) is 0 Å². The molecule has 1 aromatic rings. The molecule has 2 N–H and O–H groups in total. The quantitative estimate of drug-likeness (QED) is 0.641. The van der Waals surface area contributed by atoms with Crippen LogP contribution in [-0.4, -0.2) is 34.7 Å². The number of methoxy groups -OCH3 is 1. The third-order valence-electron chi connectivity index (χ3n) is 3.37. The van der Waals surface area contributed by atoms with Crippen molar-refractivity contribution in [1.82, 2.24) is 10.0 Å². The summed E-state index contributed by atoms with van der Waals surface area (Å²) < 4.78 is 31.5. The van der Waals surface area contributed by atoms with E-state index < -0.39 is 10.0 Å². The van der Waals surface area contributed by atoms with Crippen LogP contribution < -0.4 is 10.0 Å². The molecule has 0 amide bonds. The number of hydrogen-bond acceptors (Lipinski definition) is 4. The first-order chi connectivity index (χ1) is 10.1. The van der Waals surface area contributed by atoms with Crippen molar-refractivity contribution in [2.24, 2.45) is 0 Å². The molecule has 118 valence electrons. The maximum absolute atomic E-state index is 12.0. The van der Waals surface area contributed by atoms with Crippen LogP contribution in [0.15, 0.2) is 24.3 Å². The lowest BCUT2D eigenvalue weighted by Gasteiger charge is -2.08. The molecule has 1 aliphatic rings. The molecular formula is C15H24N2O3S. The summed E-state index contributed by atoms with van der Waals surface area (Å²) in [6, 6.07) is 8.41. The highest BCUT2D eigenvalue weighted by molar-refractivity contribution is 7.88. The Bertz CT molecular complexity index is 542. The van der Waals surface area contributed by atoms with E-state index in [-0.39, 0.29) is 5.75 Å². The van der Waals surface area contributed by atoms with Gasteiger partial charge in [0.05, 0.1) is 5.75 Å². The van der Waals surface area contributed by atoms with Gasteiger partial charge in [0.2, 0.25) is 10.0 Å². The van der Waals surface area contributed by atoms with Gasteiger partial charge in [-0.15, -0.1) is 0 Å². The van der Waals surface area contributed by atoms with Crippen LogP contribution in [0.4, 0.5) is 0 Å². The van der Waals surface area contributed by atoms with Crippen LogP contribution in [0.3, 0.4) is 0 Å². The molecule has 0 heterocycles. The Morgan fingerprint density at radius 3 is 2.76 bits per heavy atom. The Morgan fingerprint density at radius 1 is 1.29 bits per heavy atom. The van der Waals surface area contributed by atoms with Gasteiger partial charge in [0, 0.05) is 32.8 Å². The SMILES string of the molecule is COCCCNS(=O)(=O)Cc1cccc(CNC2CC2)c1. The van der Waals surface area contributed by atoms with E-state index in [0.717, 1.165) is 17.7 Å². The van der Waals surface area contributed by atoms with Gasteiger partial charge in [-0.25, -0.2) is 13.1 Å². The maximum atomic E-state index is 12.0. The molecule has 0 atom stereocenters. The zero-order chi connectivity index (χ0) is 15.1. The van der Waals surface area contributed by atoms with E-state index in [4.69, 9.17) is 4.74 Å². The maximum Gasteiger partial charge on any atom is 0.215 e. The fourth-order valence-corrected chi connectivity index (χ4v) is 3.27. The highest BCUT2D eigenvalue weighted by Crippen LogP contribution is 2.19. The Labute approximate surface area is 127 Å². The van der Waals surface area contributed by atoms with E-state index in [0.29, 0.717) is 25.6 Å². The fourth-order valence-electron chi connectivity index (χ4n) is 2.09. The molecular weight excluding hydrogens is 288 g/mol. The van der Waals surface area contributed by atoms with E-state index in [9.17, 15) is 8.42 Å². The zero-order valence-electron chi connectivity index (χ0n) is 12.5. The van der Waals surface area contributed by atoms with Crippen LogP contribution in [0, 0.1) is 0 Å². The van der Waals surface area contributed by atoms with Crippen molar-refractivity contribution >= 4 is 10.0 Å². The van der Waals surface area contributed by atoms with Gasteiger partial charge in [0.1, 0.15) is 0 Å². The molecule has 1 saturated carbocycles. The second-order valence-electron chi connectivity index (χ2n) is 5.47. The topological polar surface area (TPSA) is 67.4 Å². The molecule has 1 fully saturated rings. The monoisotopic (exact) mass is 312 g/mol. The Hall–Kier alpha value is -0.950. The summed E-state index contributed by atoms with van der Waals surface area (Å²) >= 11 is 0. The second kappa shape index (κ2) is 7.89. The van der Waals surface area contributed by atoms with E-state index in [1.807, 2.05) is 24.3 Å². The molecule has 1 aliphatic carbocycles. The summed E-state index contributed by atoms with van der Waals surface area (Å²) in [6.45, 7) is 1.78. The van der Waals surface area contributed by atoms with Crippen LogP contribution in [0.5, 0.6) is 0 Å². The van der Waals surface area contributed by atoms with Gasteiger partial charge in [-0.05, 0) is 30.4 Å². The minimum absolute atomic E-state index is 0.0251. The number of hydrogen-bond donors (Lipinski definition) is 2. The van der Waals surface area contributed by atoms with Crippen molar-refractivity contribution < 1.29 is 13.2 Å². The molecule has 0 spiro atoms. The Balaban J connectivity index is 1.83. The first-order valence-corrected chi connectivity index (χ1v) is 9.02. The molecule has 5 nitrogen and oxygen atoms in total. The van der Waals surface area contributed by atoms with Gasteiger partial charge in [-0.3, -0.25) is 0 Å². The van der Waals surface area contributed by atoms with Crippen LogP contribution in [0.1, 0.15) is 30.4 Å². The summed E-state index contributed by atoms with van der Waals surface area (Å²) in [5, 5.41) is 3.43. The van der Waals surface area contributed by atoms with Crippen LogP contribution in [-0.2, 0) is 27.1 Å². The van der Waals surface area contributed by atoms with E-state index >= 15 is 0 Å². The smallest absolute Gasteiger partial charge is 0.215 e. The first kappa shape index (κ1) is 16.4. The molecule has 2 rings (SSSR count). The van der Waals surface area contributed by atoms with Crippen molar-refractivity contribution in [3.8, 4) is 0 Å². The average Bonchev–Trinajstić information content (AvgIpc) is 3.26. The highest BCUT2D eigenvalue weighted by atomic mass is 32.2. The van der Waals surface area contributed by atoms with Gasteiger partial charge < -0.3 is 10.1 Å². The highest BCUT2D eigenvalue weighted by Gasteiger charge is 2.20. The van der Waals surface area contributed by atoms with Crippen molar-refractivity contribution in [2.45, 2.75) is 37.6 Å². The van der Waals surface area contributed by atoms with Gasteiger partial charge in [0.15, 0.2) is 0 Å². The molecule has 1 aromatic carbocycles. The zero-order valence-corrected chi connectivity index (χ0v) is 13.3. The summed E-state index contributed by atoms with van der Waals surface area (Å²) in [6.07, 6.45) is 3.18. The second-order valence-corrected chi connectivity index (χ2v) is 7.28. The minimum Gasteiger partial charge on any atom is -0.385 e. The largest absolute Gasteiger partial charge is 0.385 e. The molecule has 0 aliphatic heterocycles. The lowest BCUT2D eigenvalue weighted by molar-refractivity contribution is 0.196. The predicted molar refractivity (Wildman–Crippen MR) is 83.4 cm³/mol. The fraction of sp³-hybridized carbons (Fsp3) is 0.600. The van der Waals surface area contributed by atoms with Crippen LogP contribution >= 0.6 is 0 Å². The molecule has 21 heavy (non-hydrogen) atoms.